The zero-order valence-corrected chi connectivity index (χ0v) is 13.9. The van der Waals surface area contributed by atoms with Crippen molar-refractivity contribution in [2.75, 3.05) is 16.8 Å². The minimum absolute atomic E-state index is 0.0760. The fourth-order valence-electron chi connectivity index (χ4n) is 2.37. The fourth-order valence-corrected chi connectivity index (χ4v) is 4.35. The molecular weight excluding hydrogens is 316 g/mol. The first kappa shape index (κ1) is 15.9. The Bertz CT molecular complexity index is 602. The van der Waals surface area contributed by atoms with Crippen LogP contribution in [0, 0.1) is 5.41 Å². The highest BCUT2D eigenvalue weighted by molar-refractivity contribution is 7.99. The van der Waals surface area contributed by atoms with Gasteiger partial charge in [-0.25, -0.2) is 13.6 Å². The lowest BCUT2D eigenvalue weighted by molar-refractivity contribution is 0.358. The van der Waals surface area contributed by atoms with Crippen molar-refractivity contribution >= 4 is 39.1 Å². The second-order valence-electron chi connectivity index (χ2n) is 5.91. The first-order chi connectivity index (χ1) is 9.17. The summed E-state index contributed by atoms with van der Waals surface area (Å²) in [7, 11) is -3.71. The van der Waals surface area contributed by atoms with Gasteiger partial charge < -0.3 is 5.32 Å². The second kappa shape index (κ2) is 5.75. The lowest BCUT2D eigenvalue weighted by atomic mass is 9.88. The average molecular weight is 335 g/mol. The van der Waals surface area contributed by atoms with Gasteiger partial charge in [-0.05, 0) is 35.8 Å². The lowest BCUT2D eigenvalue weighted by Crippen LogP contribution is -2.35. The number of rotatable bonds is 3. The predicted octanol–water partition coefficient (Wildman–Crippen LogP) is 2.93. The minimum Gasteiger partial charge on any atom is -0.380 e. The molecule has 1 aromatic carbocycles. The largest absolute Gasteiger partial charge is 0.380 e. The number of anilines is 1. The van der Waals surface area contributed by atoms with E-state index in [4.69, 9.17) is 16.7 Å². The molecule has 0 radical (unpaired) electrons. The second-order valence-corrected chi connectivity index (χ2v) is 8.91. The summed E-state index contributed by atoms with van der Waals surface area (Å²) in [6.07, 6.45) is 1.02. The molecule has 0 aromatic heterocycles. The molecule has 0 bridgehead atoms. The molecule has 1 heterocycles. The Morgan fingerprint density at radius 2 is 2.15 bits per heavy atom. The van der Waals surface area contributed by atoms with E-state index in [2.05, 4.69) is 19.2 Å². The highest BCUT2D eigenvalue weighted by Gasteiger charge is 2.28. The molecule has 1 saturated heterocycles. The van der Waals surface area contributed by atoms with Crippen molar-refractivity contribution in [3.63, 3.8) is 0 Å². The Morgan fingerprint density at radius 3 is 2.75 bits per heavy atom. The average Bonchev–Trinajstić information content (AvgIpc) is 2.29. The molecule has 1 fully saturated rings. The van der Waals surface area contributed by atoms with Crippen LogP contribution in [0.5, 0.6) is 0 Å². The van der Waals surface area contributed by atoms with E-state index in [-0.39, 0.29) is 16.4 Å². The Balaban J connectivity index is 2.21. The first-order valence-corrected chi connectivity index (χ1v) is 9.42. The summed E-state index contributed by atoms with van der Waals surface area (Å²) in [5.41, 5.74) is 0.895. The molecule has 4 nitrogen and oxygen atoms in total. The van der Waals surface area contributed by atoms with Crippen molar-refractivity contribution in [3.05, 3.63) is 23.2 Å². The molecule has 2 rings (SSSR count). The van der Waals surface area contributed by atoms with E-state index in [1.165, 1.54) is 12.1 Å². The maximum Gasteiger partial charge on any atom is 0.238 e. The summed E-state index contributed by atoms with van der Waals surface area (Å²) in [6, 6.07) is 4.76. The molecule has 1 unspecified atom stereocenters. The Labute approximate surface area is 129 Å². The summed E-state index contributed by atoms with van der Waals surface area (Å²) < 4.78 is 22.8. The standard InChI is InChI=1S/C13H19ClN2O2S2/c1-13(2)6-9(7-19-8-13)16-12-5-10(20(15,17)18)3-4-11(12)14/h3-5,9,16H,6-8H2,1-2H3,(H2,15,17,18). The Kier molecular flexibility index (Phi) is 4.59. The molecule has 3 N–H and O–H groups in total. The van der Waals surface area contributed by atoms with Crippen LogP contribution in [0.1, 0.15) is 20.3 Å². The van der Waals surface area contributed by atoms with Crippen molar-refractivity contribution in [3.8, 4) is 0 Å². The molecule has 7 heteroatoms. The van der Waals surface area contributed by atoms with E-state index < -0.39 is 10.0 Å². The van der Waals surface area contributed by atoms with E-state index in [1.807, 2.05) is 11.8 Å². The molecule has 0 aliphatic carbocycles. The van der Waals surface area contributed by atoms with Crippen molar-refractivity contribution in [1.82, 2.24) is 0 Å². The van der Waals surface area contributed by atoms with Gasteiger partial charge in [-0.3, -0.25) is 0 Å². The van der Waals surface area contributed by atoms with Crippen LogP contribution in [-0.2, 0) is 10.0 Å². The number of hydrogen-bond acceptors (Lipinski definition) is 4. The number of nitrogens with two attached hydrogens (primary N) is 1. The van der Waals surface area contributed by atoms with Crippen LogP contribution < -0.4 is 10.5 Å². The normalized spacial score (nSPS) is 22.5. The minimum atomic E-state index is -3.71. The molecule has 0 saturated carbocycles. The smallest absolute Gasteiger partial charge is 0.238 e. The summed E-state index contributed by atoms with van der Waals surface area (Å²) in [6.45, 7) is 4.46. The molecular formula is C13H19ClN2O2S2. The van der Waals surface area contributed by atoms with E-state index >= 15 is 0 Å². The van der Waals surface area contributed by atoms with Crippen LogP contribution in [0.4, 0.5) is 5.69 Å². The zero-order valence-electron chi connectivity index (χ0n) is 11.5. The third-order valence-corrected chi connectivity index (χ3v) is 6.10. The summed E-state index contributed by atoms with van der Waals surface area (Å²) in [4.78, 5) is 0.0760. The number of thioether (sulfide) groups is 1. The zero-order chi connectivity index (χ0) is 15.0. The predicted molar refractivity (Wildman–Crippen MR) is 86.0 cm³/mol. The lowest BCUT2D eigenvalue weighted by Gasteiger charge is -2.35. The highest BCUT2D eigenvalue weighted by Crippen LogP contribution is 2.36. The van der Waals surface area contributed by atoms with Crippen molar-refractivity contribution in [2.24, 2.45) is 10.6 Å². The van der Waals surface area contributed by atoms with Crippen molar-refractivity contribution in [1.29, 1.82) is 0 Å². The number of nitrogens with one attached hydrogen (secondary N) is 1. The molecule has 1 atom stereocenters. The fraction of sp³-hybridized carbons (Fsp3) is 0.538. The first-order valence-electron chi connectivity index (χ1n) is 6.34. The maximum atomic E-state index is 11.4. The molecule has 1 aliphatic heterocycles. The van der Waals surface area contributed by atoms with Gasteiger partial charge in [0, 0.05) is 11.8 Å². The number of benzene rings is 1. The third-order valence-electron chi connectivity index (χ3n) is 3.24. The maximum absolute atomic E-state index is 11.4. The number of sulfonamides is 1. The SMILES string of the molecule is CC1(C)CSCC(Nc2cc(S(N)(=O)=O)ccc2Cl)C1. The van der Waals surface area contributed by atoms with Gasteiger partial charge in [-0.1, -0.05) is 25.4 Å². The van der Waals surface area contributed by atoms with Crippen LogP contribution in [0.2, 0.25) is 5.02 Å². The van der Waals surface area contributed by atoms with Crippen LogP contribution in [0.25, 0.3) is 0 Å². The summed E-state index contributed by atoms with van der Waals surface area (Å²) >= 11 is 8.03. The van der Waals surface area contributed by atoms with Gasteiger partial charge in [0.25, 0.3) is 0 Å². The van der Waals surface area contributed by atoms with E-state index in [0.717, 1.165) is 17.9 Å². The van der Waals surface area contributed by atoms with Crippen molar-refractivity contribution < 1.29 is 8.42 Å². The molecule has 0 amide bonds. The van der Waals surface area contributed by atoms with Crippen LogP contribution in [0.15, 0.2) is 23.1 Å². The Hall–Kier alpha value is -0.430. The quantitative estimate of drug-likeness (QED) is 0.891. The van der Waals surface area contributed by atoms with Crippen molar-refractivity contribution in [2.45, 2.75) is 31.2 Å². The van der Waals surface area contributed by atoms with Gasteiger partial charge in [0.1, 0.15) is 0 Å². The molecule has 112 valence electrons. The Morgan fingerprint density at radius 1 is 1.45 bits per heavy atom. The monoisotopic (exact) mass is 334 g/mol. The van der Waals surface area contributed by atoms with Gasteiger partial charge >= 0.3 is 0 Å². The summed E-state index contributed by atoms with van der Waals surface area (Å²) in [5.74, 6) is 2.12. The molecule has 1 aromatic rings. The molecule has 1 aliphatic rings. The number of primary sulfonamides is 1. The van der Waals surface area contributed by atoms with Gasteiger partial charge in [-0.15, -0.1) is 0 Å². The van der Waals surface area contributed by atoms with Crippen LogP contribution >= 0.6 is 23.4 Å². The van der Waals surface area contributed by atoms with Crippen LogP contribution in [-0.4, -0.2) is 26.0 Å². The van der Waals surface area contributed by atoms with E-state index in [9.17, 15) is 8.42 Å². The summed E-state index contributed by atoms with van der Waals surface area (Å²) in [5, 5.41) is 9.00. The third kappa shape index (κ3) is 4.04. The van der Waals surface area contributed by atoms with Gasteiger partial charge in [0.15, 0.2) is 0 Å². The van der Waals surface area contributed by atoms with Gasteiger partial charge in [0.2, 0.25) is 10.0 Å². The topological polar surface area (TPSA) is 72.2 Å². The van der Waals surface area contributed by atoms with Gasteiger partial charge in [-0.2, -0.15) is 11.8 Å². The highest BCUT2D eigenvalue weighted by atomic mass is 35.5. The van der Waals surface area contributed by atoms with E-state index in [0.29, 0.717) is 10.7 Å². The van der Waals surface area contributed by atoms with E-state index in [1.54, 1.807) is 6.07 Å². The molecule has 0 spiro atoms. The van der Waals surface area contributed by atoms with Gasteiger partial charge in [0.05, 0.1) is 15.6 Å². The number of hydrogen-bond donors (Lipinski definition) is 2. The number of halogens is 1. The van der Waals surface area contributed by atoms with Crippen LogP contribution in [0.3, 0.4) is 0 Å². The molecule has 20 heavy (non-hydrogen) atoms.